The van der Waals surface area contributed by atoms with Crippen molar-refractivity contribution in [2.45, 2.75) is 20.0 Å². The molecule has 0 bridgehead atoms. The van der Waals surface area contributed by atoms with Crippen molar-refractivity contribution >= 4 is 22.4 Å². The largest absolute Gasteiger partial charge is 0.310 e. The van der Waals surface area contributed by atoms with Crippen molar-refractivity contribution in [1.82, 2.24) is 14.9 Å². The lowest BCUT2D eigenvalue weighted by molar-refractivity contribution is 0.599. The molecule has 5 heteroatoms. The smallest absolute Gasteiger partial charge is 0.269 e. The van der Waals surface area contributed by atoms with Crippen LogP contribution in [0.5, 0.6) is 0 Å². The van der Waals surface area contributed by atoms with Crippen LogP contribution < -0.4 is 10.9 Å². The molecular weight excluding hydrogens is 282 g/mol. The first-order chi connectivity index (χ1) is 10.2. The van der Waals surface area contributed by atoms with Gasteiger partial charge in [0, 0.05) is 29.4 Å². The topological polar surface area (TPSA) is 46.9 Å². The number of aryl methyl sites for hydroxylation is 1. The highest BCUT2D eigenvalue weighted by Gasteiger charge is 2.03. The van der Waals surface area contributed by atoms with Crippen molar-refractivity contribution in [3.05, 3.63) is 62.7 Å². The molecule has 1 aromatic carbocycles. The predicted octanol–water partition coefficient (Wildman–Crippen LogP) is 2.56. The highest BCUT2D eigenvalue weighted by molar-refractivity contribution is 7.11. The minimum Gasteiger partial charge on any atom is -0.310 e. The summed E-state index contributed by atoms with van der Waals surface area (Å²) in [6.45, 7) is 4.35. The number of para-hydroxylation sites is 2. The summed E-state index contributed by atoms with van der Waals surface area (Å²) in [7, 11) is 0. The van der Waals surface area contributed by atoms with E-state index in [1.54, 1.807) is 15.9 Å². The number of nitrogens with zero attached hydrogens (tertiary/aromatic N) is 2. The van der Waals surface area contributed by atoms with Crippen LogP contribution >= 0.6 is 11.3 Å². The minimum absolute atomic E-state index is 0.0533. The van der Waals surface area contributed by atoms with Gasteiger partial charge in [0.1, 0.15) is 0 Å². The van der Waals surface area contributed by atoms with Gasteiger partial charge in [-0.15, -0.1) is 11.3 Å². The summed E-state index contributed by atoms with van der Waals surface area (Å²) in [5.74, 6) is 0. The monoisotopic (exact) mass is 299 g/mol. The molecule has 0 aliphatic rings. The molecule has 0 aliphatic carbocycles. The third-order valence-electron chi connectivity index (χ3n) is 3.36. The summed E-state index contributed by atoms with van der Waals surface area (Å²) >= 11 is 1.80. The maximum absolute atomic E-state index is 12.0. The van der Waals surface area contributed by atoms with Crippen molar-refractivity contribution < 1.29 is 0 Å². The molecule has 2 aromatic heterocycles. The number of hydrogen-bond acceptors (Lipinski definition) is 4. The van der Waals surface area contributed by atoms with Crippen molar-refractivity contribution in [2.75, 3.05) is 6.54 Å². The third-order valence-corrected chi connectivity index (χ3v) is 4.36. The second kappa shape index (κ2) is 6.20. The zero-order valence-corrected chi connectivity index (χ0v) is 12.7. The molecule has 0 atom stereocenters. The first kappa shape index (κ1) is 14.0. The summed E-state index contributed by atoms with van der Waals surface area (Å²) < 4.78 is 1.77. The van der Waals surface area contributed by atoms with Crippen LogP contribution in [-0.2, 0) is 13.1 Å². The number of hydrogen-bond donors (Lipinski definition) is 1. The van der Waals surface area contributed by atoms with Crippen molar-refractivity contribution in [1.29, 1.82) is 0 Å². The van der Waals surface area contributed by atoms with Gasteiger partial charge >= 0.3 is 0 Å². The molecule has 0 unspecified atom stereocenters. The molecule has 0 radical (unpaired) electrons. The van der Waals surface area contributed by atoms with E-state index in [1.165, 1.54) is 16.0 Å². The number of nitrogens with one attached hydrogen (secondary N) is 1. The Morgan fingerprint density at radius 1 is 1.24 bits per heavy atom. The summed E-state index contributed by atoms with van der Waals surface area (Å²) in [6.07, 6.45) is 1.39. The molecule has 0 aliphatic heterocycles. The fraction of sp³-hybridized carbons (Fsp3) is 0.250. The second-order valence-corrected chi connectivity index (χ2v) is 6.30. The molecule has 0 saturated carbocycles. The Morgan fingerprint density at radius 2 is 2.10 bits per heavy atom. The van der Waals surface area contributed by atoms with Crippen LogP contribution in [0.3, 0.4) is 0 Å². The number of benzene rings is 1. The quantitative estimate of drug-likeness (QED) is 0.737. The van der Waals surface area contributed by atoms with Gasteiger partial charge < -0.3 is 9.88 Å². The summed E-state index contributed by atoms with van der Waals surface area (Å²) in [4.78, 5) is 18.8. The zero-order chi connectivity index (χ0) is 14.7. The molecule has 3 aromatic rings. The molecule has 21 heavy (non-hydrogen) atoms. The normalized spacial score (nSPS) is 11.1. The number of fused-ring (bicyclic) bond motifs is 1. The van der Waals surface area contributed by atoms with Crippen molar-refractivity contribution in [2.24, 2.45) is 0 Å². The lowest BCUT2D eigenvalue weighted by atomic mass is 10.3. The number of aromatic nitrogens is 2. The van der Waals surface area contributed by atoms with Gasteiger partial charge in [-0.05, 0) is 31.2 Å². The van der Waals surface area contributed by atoms with Crippen molar-refractivity contribution in [3.63, 3.8) is 0 Å². The SMILES string of the molecule is Cc1ccc(CNCCn2c(=O)cnc3ccccc32)s1. The van der Waals surface area contributed by atoms with E-state index in [0.29, 0.717) is 6.54 Å². The first-order valence-electron chi connectivity index (χ1n) is 6.94. The van der Waals surface area contributed by atoms with Crippen LogP contribution in [0.1, 0.15) is 9.75 Å². The Hall–Kier alpha value is -1.98. The molecule has 0 amide bonds. The van der Waals surface area contributed by atoms with E-state index in [2.05, 4.69) is 29.4 Å². The van der Waals surface area contributed by atoms with Crippen molar-refractivity contribution in [3.8, 4) is 0 Å². The Morgan fingerprint density at radius 3 is 2.90 bits per heavy atom. The van der Waals surface area contributed by atoms with Gasteiger partial charge in [-0.1, -0.05) is 12.1 Å². The fourth-order valence-corrected chi connectivity index (χ4v) is 3.19. The number of thiophene rings is 1. The molecule has 0 spiro atoms. The Kier molecular flexibility index (Phi) is 4.13. The average Bonchev–Trinajstić information content (AvgIpc) is 2.91. The molecule has 0 fully saturated rings. The summed E-state index contributed by atoms with van der Waals surface area (Å²) in [5, 5.41) is 3.39. The van der Waals surface area contributed by atoms with E-state index in [-0.39, 0.29) is 5.56 Å². The Balaban J connectivity index is 1.68. The van der Waals surface area contributed by atoms with Crippen LogP contribution in [0.25, 0.3) is 11.0 Å². The Bertz CT molecular complexity index is 806. The molecule has 4 nitrogen and oxygen atoms in total. The number of rotatable bonds is 5. The highest BCUT2D eigenvalue weighted by Crippen LogP contribution is 2.14. The van der Waals surface area contributed by atoms with Gasteiger partial charge in [0.2, 0.25) is 0 Å². The Labute approximate surface area is 127 Å². The van der Waals surface area contributed by atoms with E-state index in [1.807, 2.05) is 24.3 Å². The molecule has 2 heterocycles. The molecule has 1 N–H and O–H groups in total. The van der Waals surface area contributed by atoms with E-state index in [4.69, 9.17) is 0 Å². The zero-order valence-electron chi connectivity index (χ0n) is 11.9. The summed E-state index contributed by atoms with van der Waals surface area (Å²) in [5.41, 5.74) is 1.69. The molecule has 108 valence electrons. The van der Waals surface area contributed by atoms with Gasteiger partial charge in [0.15, 0.2) is 0 Å². The standard InChI is InChI=1S/C16H17N3OS/c1-12-6-7-13(21-12)10-17-8-9-19-15-5-3-2-4-14(15)18-11-16(19)20/h2-7,11,17H,8-10H2,1H3. The van der Waals surface area contributed by atoms with E-state index in [0.717, 1.165) is 24.1 Å². The van der Waals surface area contributed by atoms with Gasteiger partial charge in [0.25, 0.3) is 5.56 Å². The van der Waals surface area contributed by atoms with Crippen LogP contribution in [0, 0.1) is 6.92 Å². The maximum Gasteiger partial charge on any atom is 0.269 e. The van der Waals surface area contributed by atoms with Crippen LogP contribution in [0.2, 0.25) is 0 Å². The van der Waals surface area contributed by atoms with Gasteiger partial charge in [0.05, 0.1) is 17.2 Å². The lowest BCUT2D eigenvalue weighted by Crippen LogP contribution is -2.27. The lowest BCUT2D eigenvalue weighted by Gasteiger charge is -2.09. The first-order valence-corrected chi connectivity index (χ1v) is 7.76. The minimum atomic E-state index is -0.0533. The van der Waals surface area contributed by atoms with Gasteiger partial charge in [-0.3, -0.25) is 4.79 Å². The fourth-order valence-electron chi connectivity index (χ4n) is 2.33. The summed E-state index contributed by atoms with van der Waals surface area (Å²) in [6, 6.07) is 12.0. The van der Waals surface area contributed by atoms with E-state index < -0.39 is 0 Å². The third kappa shape index (κ3) is 3.20. The predicted molar refractivity (Wildman–Crippen MR) is 86.8 cm³/mol. The van der Waals surface area contributed by atoms with Crippen LogP contribution in [-0.4, -0.2) is 16.1 Å². The van der Waals surface area contributed by atoms with Crippen LogP contribution in [0.15, 0.2) is 47.4 Å². The van der Waals surface area contributed by atoms with Crippen LogP contribution in [0.4, 0.5) is 0 Å². The molecule has 3 rings (SSSR count). The molecular formula is C16H17N3OS. The average molecular weight is 299 g/mol. The van der Waals surface area contributed by atoms with E-state index in [9.17, 15) is 4.79 Å². The highest BCUT2D eigenvalue weighted by atomic mass is 32.1. The molecule has 0 saturated heterocycles. The van der Waals surface area contributed by atoms with Gasteiger partial charge in [-0.25, -0.2) is 4.98 Å². The second-order valence-electron chi connectivity index (χ2n) is 4.93. The maximum atomic E-state index is 12.0. The van der Waals surface area contributed by atoms with E-state index >= 15 is 0 Å². The van der Waals surface area contributed by atoms with Gasteiger partial charge in [-0.2, -0.15) is 0 Å².